The third kappa shape index (κ3) is 4.42. The number of aryl methyl sites for hydroxylation is 1. The second-order valence-corrected chi connectivity index (χ2v) is 5.77. The molecule has 0 fully saturated rings. The van der Waals surface area contributed by atoms with Crippen molar-refractivity contribution in [1.29, 1.82) is 5.26 Å². The highest BCUT2D eigenvalue weighted by molar-refractivity contribution is 5.92. The quantitative estimate of drug-likeness (QED) is 0.741. The Hall–Kier alpha value is -3.72. The van der Waals surface area contributed by atoms with Crippen molar-refractivity contribution >= 4 is 17.4 Å². The van der Waals surface area contributed by atoms with Crippen LogP contribution in [0.25, 0.3) is 0 Å². The van der Waals surface area contributed by atoms with Gasteiger partial charge in [0.2, 0.25) is 0 Å². The van der Waals surface area contributed by atoms with Crippen LogP contribution in [0.1, 0.15) is 27.2 Å². The fourth-order valence-electron chi connectivity index (χ4n) is 2.26. The average Bonchev–Trinajstić information content (AvgIpc) is 2.68. The lowest BCUT2D eigenvalue weighted by atomic mass is 10.1. The maximum Gasteiger partial charge on any atom is 0.271 e. The van der Waals surface area contributed by atoms with Gasteiger partial charge in [-0.15, -0.1) is 0 Å². The first-order valence-electron chi connectivity index (χ1n) is 8.07. The monoisotopic (exact) mass is 343 g/mol. The van der Waals surface area contributed by atoms with Crippen LogP contribution in [0.5, 0.6) is 0 Å². The minimum Gasteiger partial charge on any atom is -0.347 e. The van der Waals surface area contributed by atoms with Gasteiger partial charge >= 0.3 is 0 Å². The van der Waals surface area contributed by atoms with E-state index >= 15 is 0 Å². The van der Waals surface area contributed by atoms with E-state index in [9.17, 15) is 4.79 Å². The van der Waals surface area contributed by atoms with Crippen molar-refractivity contribution in [3.63, 3.8) is 0 Å². The van der Waals surface area contributed by atoms with Crippen LogP contribution in [0, 0.1) is 18.3 Å². The number of nitrogens with one attached hydrogen (secondary N) is 2. The molecule has 1 heterocycles. The first-order valence-corrected chi connectivity index (χ1v) is 8.07. The van der Waals surface area contributed by atoms with Gasteiger partial charge in [0.1, 0.15) is 11.5 Å². The van der Waals surface area contributed by atoms with Crippen LogP contribution >= 0.6 is 0 Å². The van der Waals surface area contributed by atoms with Crippen molar-refractivity contribution in [1.82, 2.24) is 15.3 Å². The van der Waals surface area contributed by atoms with Crippen LogP contribution in [0.2, 0.25) is 0 Å². The SMILES string of the molecule is Cc1ccc(CNC(=O)c2cnc(Nc3ccc(C#N)cc3)cn2)cc1. The molecule has 2 N–H and O–H groups in total. The average molecular weight is 343 g/mol. The molecule has 6 heteroatoms. The molecule has 0 aliphatic rings. The molecule has 0 saturated carbocycles. The molecular weight excluding hydrogens is 326 g/mol. The molecule has 0 aliphatic carbocycles. The number of nitriles is 1. The molecule has 0 aliphatic heterocycles. The van der Waals surface area contributed by atoms with Crippen LogP contribution < -0.4 is 10.6 Å². The standard InChI is InChI=1S/C20H17N5O/c1-14-2-4-16(5-3-14)11-24-20(26)18-12-23-19(13-22-18)25-17-8-6-15(10-21)7-9-17/h2-9,12-13H,11H2,1H3,(H,23,25)(H,24,26). The fourth-order valence-corrected chi connectivity index (χ4v) is 2.26. The van der Waals surface area contributed by atoms with Gasteiger partial charge in [-0.05, 0) is 36.8 Å². The molecule has 26 heavy (non-hydrogen) atoms. The Morgan fingerprint density at radius 2 is 1.77 bits per heavy atom. The van der Waals surface area contributed by atoms with Crippen molar-refractivity contribution in [2.75, 3.05) is 5.32 Å². The van der Waals surface area contributed by atoms with Gasteiger partial charge in [0, 0.05) is 12.2 Å². The van der Waals surface area contributed by atoms with Gasteiger partial charge < -0.3 is 10.6 Å². The summed E-state index contributed by atoms with van der Waals surface area (Å²) in [5.74, 6) is 0.243. The normalized spacial score (nSPS) is 10.0. The van der Waals surface area contributed by atoms with Crippen molar-refractivity contribution in [3.05, 3.63) is 83.3 Å². The Morgan fingerprint density at radius 1 is 1.04 bits per heavy atom. The first-order chi connectivity index (χ1) is 12.6. The van der Waals surface area contributed by atoms with E-state index in [1.807, 2.05) is 31.2 Å². The van der Waals surface area contributed by atoms with E-state index in [0.717, 1.165) is 11.3 Å². The van der Waals surface area contributed by atoms with Crippen LogP contribution in [-0.4, -0.2) is 15.9 Å². The molecule has 2 aromatic carbocycles. The van der Waals surface area contributed by atoms with Gasteiger partial charge in [0.05, 0.1) is 24.0 Å². The summed E-state index contributed by atoms with van der Waals surface area (Å²) in [5, 5.41) is 14.7. The predicted octanol–water partition coefficient (Wildman–Crippen LogP) is 3.33. The second kappa shape index (κ2) is 7.90. The zero-order valence-corrected chi connectivity index (χ0v) is 14.2. The third-order valence-corrected chi connectivity index (χ3v) is 3.74. The Bertz CT molecular complexity index is 926. The summed E-state index contributed by atoms with van der Waals surface area (Å²) in [5.41, 5.74) is 3.83. The first kappa shape index (κ1) is 17.1. The number of carbonyl (C=O) groups is 1. The molecule has 1 amide bonds. The minimum absolute atomic E-state index is 0.252. The van der Waals surface area contributed by atoms with Crippen LogP contribution in [0.3, 0.4) is 0 Å². The number of anilines is 2. The summed E-state index contributed by atoms with van der Waals surface area (Å²) >= 11 is 0. The number of benzene rings is 2. The van der Waals surface area contributed by atoms with E-state index in [1.165, 1.54) is 18.0 Å². The highest BCUT2D eigenvalue weighted by atomic mass is 16.1. The number of carbonyl (C=O) groups excluding carboxylic acids is 1. The molecule has 6 nitrogen and oxygen atoms in total. The number of aromatic nitrogens is 2. The van der Waals surface area contributed by atoms with Gasteiger partial charge in [-0.3, -0.25) is 4.79 Å². The fraction of sp³-hybridized carbons (Fsp3) is 0.100. The van der Waals surface area contributed by atoms with Gasteiger partial charge in [0.25, 0.3) is 5.91 Å². The van der Waals surface area contributed by atoms with E-state index in [-0.39, 0.29) is 11.6 Å². The summed E-state index contributed by atoms with van der Waals surface area (Å²) in [6, 6.07) is 17.0. The molecule has 0 atom stereocenters. The van der Waals surface area contributed by atoms with Crippen molar-refractivity contribution in [2.45, 2.75) is 13.5 Å². The lowest BCUT2D eigenvalue weighted by Gasteiger charge is -2.07. The van der Waals surface area contributed by atoms with Gasteiger partial charge in [-0.1, -0.05) is 29.8 Å². The molecule has 3 rings (SSSR count). The predicted molar refractivity (Wildman–Crippen MR) is 98.8 cm³/mol. The number of rotatable bonds is 5. The number of hydrogen-bond donors (Lipinski definition) is 2. The Balaban J connectivity index is 1.58. The smallest absolute Gasteiger partial charge is 0.271 e. The van der Waals surface area contributed by atoms with E-state index in [4.69, 9.17) is 5.26 Å². The molecule has 1 aromatic heterocycles. The Morgan fingerprint density at radius 3 is 2.38 bits per heavy atom. The maximum absolute atomic E-state index is 12.2. The summed E-state index contributed by atoms with van der Waals surface area (Å²) in [4.78, 5) is 20.5. The van der Waals surface area contributed by atoms with Crippen molar-refractivity contribution in [2.24, 2.45) is 0 Å². The van der Waals surface area contributed by atoms with Crippen molar-refractivity contribution < 1.29 is 4.79 Å². The number of hydrogen-bond acceptors (Lipinski definition) is 5. The number of nitrogens with zero attached hydrogens (tertiary/aromatic N) is 3. The van der Waals surface area contributed by atoms with Gasteiger partial charge in [-0.2, -0.15) is 5.26 Å². The topological polar surface area (TPSA) is 90.7 Å². The molecule has 0 unspecified atom stereocenters. The lowest BCUT2D eigenvalue weighted by Crippen LogP contribution is -2.24. The molecular formula is C20H17N5O. The highest BCUT2D eigenvalue weighted by Crippen LogP contribution is 2.14. The summed E-state index contributed by atoms with van der Waals surface area (Å²) in [7, 11) is 0. The second-order valence-electron chi connectivity index (χ2n) is 5.77. The van der Waals surface area contributed by atoms with E-state index in [0.29, 0.717) is 17.9 Å². The third-order valence-electron chi connectivity index (χ3n) is 3.74. The van der Waals surface area contributed by atoms with E-state index in [2.05, 4.69) is 26.7 Å². The zero-order valence-electron chi connectivity index (χ0n) is 14.2. The van der Waals surface area contributed by atoms with E-state index in [1.54, 1.807) is 24.3 Å². The molecule has 3 aromatic rings. The van der Waals surface area contributed by atoms with E-state index < -0.39 is 0 Å². The van der Waals surface area contributed by atoms with Gasteiger partial charge in [0.15, 0.2) is 0 Å². The van der Waals surface area contributed by atoms with Gasteiger partial charge in [-0.25, -0.2) is 9.97 Å². The minimum atomic E-state index is -0.275. The highest BCUT2D eigenvalue weighted by Gasteiger charge is 2.08. The molecule has 0 saturated heterocycles. The number of amides is 1. The van der Waals surface area contributed by atoms with Crippen LogP contribution in [-0.2, 0) is 6.54 Å². The molecule has 0 bridgehead atoms. The van der Waals surface area contributed by atoms with Crippen LogP contribution in [0.4, 0.5) is 11.5 Å². The molecule has 128 valence electrons. The zero-order chi connectivity index (χ0) is 18.4. The summed E-state index contributed by atoms with van der Waals surface area (Å²) in [6.07, 6.45) is 2.93. The largest absolute Gasteiger partial charge is 0.347 e. The van der Waals surface area contributed by atoms with Crippen LogP contribution in [0.15, 0.2) is 60.9 Å². The Labute approximate surface area is 151 Å². The maximum atomic E-state index is 12.2. The molecule has 0 spiro atoms. The summed E-state index contributed by atoms with van der Waals surface area (Å²) in [6.45, 7) is 2.46. The molecule has 0 radical (unpaired) electrons. The Kier molecular flexibility index (Phi) is 5.20. The lowest BCUT2D eigenvalue weighted by molar-refractivity contribution is 0.0945. The summed E-state index contributed by atoms with van der Waals surface area (Å²) < 4.78 is 0. The van der Waals surface area contributed by atoms with Crippen molar-refractivity contribution in [3.8, 4) is 6.07 Å².